The van der Waals surface area contributed by atoms with Gasteiger partial charge in [0.1, 0.15) is 16.1 Å². The highest BCUT2D eigenvalue weighted by Gasteiger charge is 2.48. The number of thiophene rings is 1. The second kappa shape index (κ2) is 6.40. The summed E-state index contributed by atoms with van der Waals surface area (Å²) in [5, 5.41) is 0. The van der Waals surface area contributed by atoms with Gasteiger partial charge in [-0.05, 0) is 53.0 Å². The highest BCUT2D eigenvalue weighted by atomic mass is 79.9. The van der Waals surface area contributed by atoms with E-state index in [-0.39, 0.29) is 18.2 Å². The standard InChI is InChI=1S/C16H17BrN2O3S2/c17-15-3-4-16(23-15)24(20,21)19-11-1-2-12(19)10-14(9-11)22-13-5-7-18-8-6-13/h3-8,11-12,14H,1-2,9-10H2/t11-,12-/m0/s1. The van der Waals surface area contributed by atoms with Crippen molar-refractivity contribution in [2.24, 2.45) is 0 Å². The predicted octanol–water partition coefficient (Wildman–Crippen LogP) is 3.67. The Hall–Kier alpha value is -0.960. The van der Waals surface area contributed by atoms with E-state index in [4.69, 9.17) is 4.74 Å². The number of aromatic nitrogens is 1. The molecule has 0 aromatic carbocycles. The van der Waals surface area contributed by atoms with Crippen LogP contribution in [0, 0.1) is 0 Å². The highest BCUT2D eigenvalue weighted by Crippen LogP contribution is 2.42. The second-order valence-electron chi connectivity index (χ2n) is 6.17. The largest absolute Gasteiger partial charge is 0.490 e. The molecule has 4 heterocycles. The third kappa shape index (κ3) is 3.00. The monoisotopic (exact) mass is 428 g/mol. The van der Waals surface area contributed by atoms with E-state index < -0.39 is 10.0 Å². The molecule has 0 saturated carbocycles. The van der Waals surface area contributed by atoms with Gasteiger partial charge in [-0.3, -0.25) is 4.98 Å². The molecule has 8 heteroatoms. The Labute approximate surface area is 153 Å². The molecule has 2 aromatic heterocycles. The van der Waals surface area contributed by atoms with Gasteiger partial charge in [0, 0.05) is 37.3 Å². The molecule has 2 aliphatic heterocycles. The van der Waals surface area contributed by atoms with E-state index in [9.17, 15) is 8.42 Å². The van der Waals surface area contributed by atoms with Crippen molar-refractivity contribution in [1.82, 2.24) is 9.29 Å². The van der Waals surface area contributed by atoms with Gasteiger partial charge in [0.2, 0.25) is 0 Å². The maximum Gasteiger partial charge on any atom is 0.253 e. The average molecular weight is 429 g/mol. The minimum absolute atomic E-state index is 0.0291. The van der Waals surface area contributed by atoms with Crippen molar-refractivity contribution in [3.05, 3.63) is 40.4 Å². The van der Waals surface area contributed by atoms with E-state index in [1.54, 1.807) is 28.8 Å². The molecule has 2 atom stereocenters. The van der Waals surface area contributed by atoms with Gasteiger partial charge in [0.15, 0.2) is 0 Å². The zero-order valence-electron chi connectivity index (χ0n) is 12.8. The summed E-state index contributed by atoms with van der Waals surface area (Å²) >= 11 is 4.62. The molecular formula is C16H17BrN2O3S2. The average Bonchev–Trinajstić information content (AvgIpc) is 3.11. The van der Waals surface area contributed by atoms with Gasteiger partial charge in [-0.15, -0.1) is 11.3 Å². The zero-order chi connectivity index (χ0) is 16.7. The Morgan fingerprint density at radius 3 is 2.38 bits per heavy atom. The summed E-state index contributed by atoms with van der Waals surface area (Å²) in [6, 6.07) is 7.22. The van der Waals surface area contributed by atoms with Crippen molar-refractivity contribution in [3.63, 3.8) is 0 Å². The molecule has 2 aromatic rings. The normalized spacial score (nSPS) is 27.3. The van der Waals surface area contributed by atoms with E-state index in [1.807, 2.05) is 12.1 Å². The Kier molecular flexibility index (Phi) is 4.40. The summed E-state index contributed by atoms with van der Waals surface area (Å²) < 4.78 is 35.0. The number of nitrogens with zero attached hydrogens (tertiary/aromatic N) is 2. The van der Waals surface area contributed by atoms with E-state index in [2.05, 4.69) is 20.9 Å². The summed E-state index contributed by atoms with van der Waals surface area (Å²) in [5.74, 6) is 0.799. The van der Waals surface area contributed by atoms with Crippen LogP contribution in [0.3, 0.4) is 0 Å². The van der Waals surface area contributed by atoms with Crippen LogP contribution in [-0.2, 0) is 10.0 Å². The Morgan fingerprint density at radius 2 is 1.79 bits per heavy atom. The summed E-state index contributed by atoms with van der Waals surface area (Å²) in [5.41, 5.74) is 0. The lowest BCUT2D eigenvalue weighted by Crippen LogP contribution is -2.48. The molecule has 128 valence electrons. The van der Waals surface area contributed by atoms with E-state index in [1.165, 1.54) is 11.3 Å². The Balaban J connectivity index is 1.53. The minimum Gasteiger partial charge on any atom is -0.490 e. The highest BCUT2D eigenvalue weighted by molar-refractivity contribution is 9.11. The van der Waals surface area contributed by atoms with E-state index >= 15 is 0 Å². The van der Waals surface area contributed by atoms with Crippen LogP contribution >= 0.6 is 27.3 Å². The third-order valence-corrected chi connectivity index (χ3v) is 8.75. The van der Waals surface area contributed by atoms with Gasteiger partial charge in [0.05, 0.1) is 3.79 Å². The number of hydrogen-bond donors (Lipinski definition) is 0. The fraction of sp³-hybridized carbons (Fsp3) is 0.438. The lowest BCUT2D eigenvalue weighted by molar-refractivity contribution is 0.0957. The minimum atomic E-state index is -3.42. The Morgan fingerprint density at radius 1 is 1.12 bits per heavy atom. The van der Waals surface area contributed by atoms with Gasteiger partial charge < -0.3 is 4.74 Å². The lowest BCUT2D eigenvalue weighted by Gasteiger charge is -2.37. The SMILES string of the molecule is O=S(=O)(c1ccc(Br)s1)N1[C@H]2CC[C@H]1CC(Oc1ccncc1)C2. The number of rotatable bonds is 4. The summed E-state index contributed by atoms with van der Waals surface area (Å²) in [6.07, 6.45) is 6.77. The first-order valence-electron chi connectivity index (χ1n) is 7.89. The first kappa shape index (κ1) is 16.5. The second-order valence-corrected chi connectivity index (χ2v) is 10.7. The molecule has 0 amide bonds. The molecular weight excluding hydrogens is 412 g/mol. The van der Waals surface area contributed by atoms with Crippen molar-refractivity contribution < 1.29 is 13.2 Å². The van der Waals surface area contributed by atoms with E-state index in [0.717, 1.165) is 35.2 Å². The van der Waals surface area contributed by atoms with Crippen LogP contribution in [0.15, 0.2) is 44.7 Å². The summed E-state index contributed by atoms with van der Waals surface area (Å²) in [6.45, 7) is 0. The van der Waals surface area contributed by atoms with Crippen LogP contribution < -0.4 is 4.74 Å². The molecule has 2 fully saturated rings. The number of halogens is 1. The van der Waals surface area contributed by atoms with Gasteiger partial charge in [-0.1, -0.05) is 0 Å². The lowest BCUT2D eigenvalue weighted by atomic mass is 10.0. The Bertz CT molecular complexity index is 811. The molecule has 5 nitrogen and oxygen atoms in total. The quantitative estimate of drug-likeness (QED) is 0.744. The van der Waals surface area contributed by atoms with Crippen LogP contribution in [0.4, 0.5) is 0 Å². The van der Waals surface area contributed by atoms with E-state index in [0.29, 0.717) is 4.21 Å². The molecule has 2 aliphatic rings. The molecule has 24 heavy (non-hydrogen) atoms. The third-order valence-electron chi connectivity index (χ3n) is 4.66. The topological polar surface area (TPSA) is 59.5 Å². The van der Waals surface area contributed by atoms with Gasteiger partial charge in [-0.2, -0.15) is 4.31 Å². The van der Waals surface area contributed by atoms with Crippen LogP contribution in [0.2, 0.25) is 0 Å². The number of fused-ring (bicyclic) bond motifs is 2. The number of hydrogen-bond acceptors (Lipinski definition) is 5. The molecule has 0 spiro atoms. The van der Waals surface area contributed by atoms with Crippen molar-refractivity contribution in [3.8, 4) is 5.75 Å². The fourth-order valence-corrected chi connectivity index (χ4v) is 7.73. The number of sulfonamides is 1. The number of ether oxygens (including phenoxy) is 1. The fourth-order valence-electron chi connectivity index (χ4n) is 3.72. The molecule has 0 aliphatic carbocycles. The van der Waals surface area contributed by atoms with Gasteiger partial charge in [-0.25, -0.2) is 8.42 Å². The van der Waals surface area contributed by atoms with Crippen molar-refractivity contribution in [2.75, 3.05) is 0 Å². The van der Waals surface area contributed by atoms with Crippen LogP contribution in [-0.4, -0.2) is 35.9 Å². The maximum atomic E-state index is 13.0. The van der Waals surface area contributed by atoms with Crippen LogP contribution in [0.5, 0.6) is 5.75 Å². The maximum absolute atomic E-state index is 13.0. The predicted molar refractivity (Wildman–Crippen MR) is 95.7 cm³/mol. The zero-order valence-corrected chi connectivity index (χ0v) is 16.1. The summed E-state index contributed by atoms with van der Waals surface area (Å²) in [7, 11) is -3.42. The van der Waals surface area contributed by atoms with Crippen molar-refractivity contribution >= 4 is 37.3 Å². The number of pyridine rings is 1. The summed E-state index contributed by atoms with van der Waals surface area (Å²) in [4.78, 5) is 3.99. The molecule has 0 unspecified atom stereocenters. The first-order valence-corrected chi connectivity index (χ1v) is 10.9. The smallest absolute Gasteiger partial charge is 0.253 e. The van der Waals surface area contributed by atoms with Crippen molar-refractivity contribution in [1.29, 1.82) is 0 Å². The molecule has 4 rings (SSSR count). The first-order chi connectivity index (χ1) is 11.5. The van der Waals surface area contributed by atoms with Crippen LogP contribution in [0.1, 0.15) is 25.7 Å². The van der Waals surface area contributed by atoms with Crippen LogP contribution in [0.25, 0.3) is 0 Å². The van der Waals surface area contributed by atoms with Gasteiger partial charge in [0.25, 0.3) is 10.0 Å². The van der Waals surface area contributed by atoms with Gasteiger partial charge >= 0.3 is 0 Å². The molecule has 2 saturated heterocycles. The molecule has 0 N–H and O–H groups in total. The number of piperidine rings is 1. The van der Waals surface area contributed by atoms with Crippen molar-refractivity contribution in [2.45, 2.75) is 48.1 Å². The molecule has 0 radical (unpaired) electrons. The molecule has 2 bridgehead atoms.